The molecule has 4 N–H and O–H groups in total. The Kier molecular flexibility index (Phi) is 13.5. The average Bonchev–Trinajstić information content (AvgIpc) is 3.13. The van der Waals surface area contributed by atoms with E-state index in [1.165, 1.54) is 6.42 Å². The average molecular weight is 702 g/mol. The minimum Gasteiger partial charge on any atom is -0.490 e. The first-order valence-corrected chi connectivity index (χ1v) is 18.5. The van der Waals surface area contributed by atoms with Crippen molar-refractivity contribution in [3.8, 4) is 5.75 Å². The van der Waals surface area contributed by atoms with E-state index in [-0.39, 0.29) is 54.8 Å². The molecule has 5 amide bonds. The highest BCUT2D eigenvalue weighted by molar-refractivity contribution is 6.07. The van der Waals surface area contributed by atoms with Gasteiger partial charge in [0.15, 0.2) is 0 Å². The van der Waals surface area contributed by atoms with Gasteiger partial charge in [0.05, 0.1) is 36.1 Å². The van der Waals surface area contributed by atoms with Crippen molar-refractivity contribution < 1.29 is 29.0 Å². The van der Waals surface area contributed by atoms with E-state index in [9.17, 15) is 19.5 Å². The van der Waals surface area contributed by atoms with Crippen LogP contribution in [0.4, 0.5) is 21.0 Å². The van der Waals surface area contributed by atoms with E-state index in [1.807, 2.05) is 56.3 Å². The number of anilines is 2. The van der Waals surface area contributed by atoms with Crippen LogP contribution >= 0.6 is 0 Å². The number of hydrogen-bond acceptors (Lipinski definition) is 6. The summed E-state index contributed by atoms with van der Waals surface area (Å²) < 4.78 is 12.8. The Labute approximate surface area is 302 Å². The fraction of sp³-hybridized carbons (Fsp3) is 0.525. The molecule has 11 nitrogen and oxygen atoms in total. The summed E-state index contributed by atoms with van der Waals surface area (Å²) in [5.41, 5.74) is 1.38. The predicted octanol–water partition coefficient (Wildman–Crippen LogP) is 7.25. The molecule has 1 saturated carbocycles. The fourth-order valence-electron chi connectivity index (χ4n) is 6.97. The highest BCUT2D eigenvalue weighted by Crippen LogP contribution is 2.29. The molecule has 0 bridgehead atoms. The minimum absolute atomic E-state index is 0.113. The Bertz CT molecular complexity index is 1620. The Balaban J connectivity index is 1.36. The van der Waals surface area contributed by atoms with E-state index in [1.54, 1.807) is 42.0 Å². The van der Waals surface area contributed by atoms with Crippen LogP contribution < -0.4 is 20.7 Å². The number of nitrogens with zero attached hydrogens (tertiary/aromatic N) is 2. The molecule has 1 aliphatic heterocycles. The third kappa shape index (κ3) is 10.4. The Morgan fingerprint density at radius 1 is 0.961 bits per heavy atom. The molecular weight excluding hydrogens is 646 g/mol. The summed E-state index contributed by atoms with van der Waals surface area (Å²) in [5.74, 6) is -0.0888. The number of ether oxygens (including phenoxy) is 2. The largest absolute Gasteiger partial charge is 0.490 e. The molecule has 11 heteroatoms. The smallest absolute Gasteiger partial charge is 0.323 e. The van der Waals surface area contributed by atoms with Gasteiger partial charge in [-0.1, -0.05) is 62.6 Å². The molecule has 0 radical (unpaired) electrons. The zero-order valence-electron chi connectivity index (χ0n) is 30.5. The lowest BCUT2D eigenvalue weighted by Crippen LogP contribution is -2.50. The monoisotopic (exact) mass is 701 g/mol. The number of benzene rings is 3. The zero-order chi connectivity index (χ0) is 36.3. The summed E-state index contributed by atoms with van der Waals surface area (Å²) in [4.78, 5) is 44.2. The second-order valence-corrected chi connectivity index (χ2v) is 14.3. The van der Waals surface area contributed by atoms with Crippen LogP contribution in [0.1, 0.15) is 82.5 Å². The predicted molar refractivity (Wildman–Crippen MR) is 201 cm³/mol. The topological polar surface area (TPSA) is 132 Å². The maximum Gasteiger partial charge on any atom is 0.323 e. The molecule has 1 heterocycles. The van der Waals surface area contributed by atoms with Crippen molar-refractivity contribution in [2.24, 2.45) is 5.92 Å². The lowest BCUT2D eigenvalue weighted by molar-refractivity contribution is -0.0123. The van der Waals surface area contributed by atoms with Crippen molar-refractivity contribution in [1.82, 2.24) is 15.1 Å². The van der Waals surface area contributed by atoms with Gasteiger partial charge in [0.2, 0.25) is 0 Å². The van der Waals surface area contributed by atoms with Gasteiger partial charge < -0.3 is 40.3 Å². The standard InChI is InChI=1S/C40H55N5O6/c1-27-24-45(28(2)26-46)38(47)34-23-32(41-39(48)43-35-19-12-15-30-14-8-9-18-33(30)35)20-21-36(34)51-29(3)13-10-11-22-50-37(27)25-44(4)40(49)42-31-16-6-5-7-17-31/h8-9,12,14-15,18-21,23,27-29,31,37,46H,5-7,10-11,13,16-17,22,24-26H2,1-4H3,(H,42,49)(H2,41,43,48)/t27-,28+,29-,37+/m1/s1. The first kappa shape index (κ1) is 37.9. The highest BCUT2D eigenvalue weighted by Gasteiger charge is 2.31. The van der Waals surface area contributed by atoms with E-state index >= 15 is 0 Å². The molecule has 2 aliphatic rings. The molecule has 0 saturated heterocycles. The van der Waals surface area contributed by atoms with Crippen molar-refractivity contribution in [1.29, 1.82) is 0 Å². The summed E-state index contributed by atoms with van der Waals surface area (Å²) in [6.45, 7) is 6.72. The summed E-state index contributed by atoms with van der Waals surface area (Å²) in [7, 11) is 1.79. The quantitative estimate of drug-likeness (QED) is 0.205. The maximum absolute atomic E-state index is 14.5. The van der Waals surface area contributed by atoms with Crippen molar-refractivity contribution in [2.75, 3.05) is 44.0 Å². The van der Waals surface area contributed by atoms with E-state index in [0.717, 1.165) is 55.7 Å². The zero-order valence-corrected chi connectivity index (χ0v) is 30.5. The molecule has 5 rings (SSSR count). The number of likely N-dealkylation sites (N-methyl/N-ethyl adjacent to an activating group) is 1. The van der Waals surface area contributed by atoms with Gasteiger partial charge in [0.25, 0.3) is 5.91 Å². The highest BCUT2D eigenvalue weighted by atomic mass is 16.5. The number of hydrogen-bond donors (Lipinski definition) is 4. The van der Waals surface area contributed by atoms with Gasteiger partial charge in [-0.2, -0.15) is 0 Å². The van der Waals surface area contributed by atoms with Crippen LogP contribution in [-0.2, 0) is 4.74 Å². The molecule has 276 valence electrons. The third-order valence-electron chi connectivity index (χ3n) is 10.1. The van der Waals surface area contributed by atoms with Crippen LogP contribution in [-0.4, -0.2) is 90.5 Å². The molecule has 4 atom stereocenters. The number of amides is 5. The third-order valence-corrected chi connectivity index (χ3v) is 10.1. The van der Waals surface area contributed by atoms with Crippen LogP contribution in [0, 0.1) is 5.92 Å². The van der Waals surface area contributed by atoms with Gasteiger partial charge in [0.1, 0.15) is 5.75 Å². The van der Waals surface area contributed by atoms with Crippen LogP contribution in [0.5, 0.6) is 5.75 Å². The van der Waals surface area contributed by atoms with E-state index in [0.29, 0.717) is 30.3 Å². The fourth-order valence-corrected chi connectivity index (χ4v) is 6.97. The van der Waals surface area contributed by atoms with E-state index in [4.69, 9.17) is 9.47 Å². The Morgan fingerprint density at radius 3 is 2.49 bits per heavy atom. The number of aliphatic hydroxyl groups is 1. The van der Waals surface area contributed by atoms with Crippen LogP contribution in [0.2, 0.25) is 0 Å². The molecule has 51 heavy (non-hydrogen) atoms. The molecule has 0 unspecified atom stereocenters. The summed E-state index contributed by atoms with van der Waals surface area (Å²) in [5, 5.41) is 21.2. The normalized spacial score (nSPS) is 21.5. The number of carbonyl (C=O) groups excluding carboxylic acids is 3. The number of rotatable bonds is 7. The number of nitrogens with one attached hydrogen (secondary N) is 3. The number of aliphatic hydroxyl groups excluding tert-OH is 1. The Hall–Kier alpha value is -4.35. The first-order chi connectivity index (χ1) is 24.6. The van der Waals surface area contributed by atoms with E-state index in [2.05, 4.69) is 16.0 Å². The summed E-state index contributed by atoms with van der Waals surface area (Å²) in [6, 6.07) is 17.7. The van der Waals surface area contributed by atoms with Crippen molar-refractivity contribution >= 4 is 40.1 Å². The minimum atomic E-state index is -0.516. The van der Waals surface area contributed by atoms with Crippen LogP contribution in [0.3, 0.4) is 0 Å². The van der Waals surface area contributed by atoms with Gasteiger partial charge in [-0.05, 0) is 75.6 Å². The molecule has 3 aromatic rings. The summed E-state index contributed by atoms with van der Waals surface area (Å²) in [6.07, 6.45) is 7.41. The molecule has 0 spiro atoms. The van der Waals surface area contributed by atoms with Crippen LogP contribution in [0.25, 0.3) is 10.8 Å². The number of fused-ring (bicyclic) bond motifs is 2. The van der Waals surface area contributed by atoms with E-state index < -0.39 is 12.1 Å². The van der Waals surface area contributed by atoms with Gasteiger partial charge in [-0.3, -0.25) is 4.79 Å². The molecular formula is C40H55N5O6. The summed E-state index contributed by atoms with van der Waals surface area (Å²) >= 11 is 0. The lowest BCUT2D eigenvalue weighted by Gasteiger charge is -2.36. The van der Waals surface area contributed by atoms with Gasteiger partial charge in [-0.15, -0.1) is 0 Å². The molecule has 3 aromatic carbocycles. The van der Waals surface area contributed by atoms with Crippen LogP contribution in [0.15, 0.2) is 60.7 Å². The number of urea groups is 2. The molecule has 1 aliphatic carbocycles. The first-order valence-electron chi connectivity index (χ1n) is 18.5. The second kappa shape index (κ2) is 18.2. The molecule has 1 fully saturated rings. The van der Waals surface area contributed by atoms with Crippen molar-refractivity contribution in [3.05, 3.63) is 66.2 Å². The maximum atomic E-state index is 14.5. The van der Waals surface area contributed by atoms with Crippen molar-refractivity contribution in [2.45, 2.75) is 96.4 Å². The Morgan fingerprint density at radius 2 is 1.71 bits per heavy atom. The lowest BCUT2D eigenvalue weighted by atomic mass is 9.96. The van der Waals surface area contributed by atoms with Gasteiger partial charge >= 0.3 is 12.1 Å². The van der Waals surface area contributed by atoms with Gasteiger partial charge in [-0.25, -0.2) is 9.59 Å². The number of carbonyl (C=O) groups is 3. The van der Waals surface area contributed by atoms with Gasteiger partial charge in [0, 0.05) is 49.8 Å². The SMILES string of the molecule is C[C@@H]1CCCCO[C@@H](CN(C)C(=O)NC2CCCCC2)[C@H](C)CN([C@@H](C)CO)C(=O)c2cc(NC(=O)Nc3cccc4ccccc34)ccc2O1. The molecule has 0 aromatic heterocycles. The second-order valence-electron chi connectivity index (χ2n) is 14.3. The van der Waals surface area contributed by atoms with Crippen molar-refractivity contribution in [3.63, 3.8) is 0 Å².